The molecule has 0 aromatic carbocycles. The second-order valence-electron chi connectivity index (χ2n) is 8.51. The van der Waals surface area contributed by atoms with Gasteiger partial charge in [0.05, 0.1) is 42.0 Å². The molecule has 4 unspecified atom stereocenters. The van der Waals surface area contributed by atoms with Crippen molar-refractivity contribution in [2.45, 2.75) is 19.0 Å². The van der Waals surface area contributed by atoms with Crippen LogP contribution in [0.5, 0.6) is 0 Å². The van der Waals surface area contributed by atoms with Crippen LogP contribution in [0.25, 0.3) is 0 Å². The van der Waals surface area contributed by atoms with E-state index in [1.807, 2.05) is 10.9 Å². The number of hydrogen-bond acceptors (Lipinski definition) is 8. The number of hydrogen-bond donors (Lipinski definition) is 3. The molecule has 4 N–H and O–H groups in total. The van der Waals surface area contributed by atoms with E-state index in [9.17, 15) is 4.79 Å². The van der Waals surface area contributed by atoms with Crippen LogP contribution < -0.4 is 16.4 Å². The standard InChI is InChI=1S/C21H27BrN8O2/c22-16-11-24-21(26-15-10-25-30(12-15)4-3-29-5-7-32-8-6-29)28-20(16)27-18-14-2-1-13(9-14)17(18)19(23)31/h1-2,10-14,17-18H,3-9H2,(H2,23,31)(H2,24,26,27,28). The van der Waals surface area contributed by atoms with E-state index >= 15 is 0 Å². The molecule has 5 rings (SSSR count). The Morgan fingerprint density at radius 2 is 2.03 bits per heavy atom. The molecule has 11 heteroatoms. The molecule has 3 heterocycles. The predicted octanol–water partition coefficient (Wildman–Crippen LogP) is 1.60. The van der Waals surface area contributed by atoms with E-state index in [1.165, 1.54) is 0 Å². The summed E-state index contributed by atoms with van der Waals surface area (Å²) >= 11 is 3.52. The Bertz CT molecular complexity index is 1010. The molecule has 2 aromatic rings. The van der Waals surface area contributed by atoms with E-state index in [0.29, 0.717) is 11.8 Å². The van der Waals surface area contributed by atoms with Gasteiger partial charge in [0.1, 0.15) is 5.82 Å². The highest BCUT2D eigenvalue weighted by atomic mass is 79.9. The third-order valence-electron chi connectivity index (χ3n) is 6.47. The first-order valence-electron chi connectivity index (χ1n) is 10.9. The van der Waals surface area contributed by atoms with Crippen molar-refractivity contribution in [1.29, 1.82) is 0 Å². The van der Waals surface area contributed by atoms with Gasteiger partial charge in [0, 0.05) is 38.1 Å². The molecule has 2 bridgehead atoms. The van der Waals surface area contributed by atoms with Crippen molar-refractivity contribution in [3.05, 3.63) is 35.2 Å². The van der Waals surface area contributed by atoms with Gasteiger partial charge in [0.2, 0.25) is 11.9 Å². The molecule has 170 valence electrons. The van der Waals surface area contributed by atoms with Crippen LogP contribution in [0.4, 0.5) is 17.5 Å². The van der Waals surface area contributed by atoms with E-state index in [0.717, 1.165) is 56.0 Å². The van der Waals surface area contributed by atoms with Crippen molar-refractivity contribution in [2.75, 3.05) is 43.5 Å². The number of anilines is 3. The Morgan fingerprint density at radius 1 is 1.22 bits per heavy atom. The lowest BCUT2D eigenvalue weighted by Crippen LogP contribution is -2.41. The number of ether oxygens (including phenoxy) is 1. The summed E-state index contributed by atoms with van der Waals surface area (Å²) in [6, 6.07) is -0.0653. The van der Waals surface area contributed by atoms with Gasteiger partial charge >= 0.3 is 0 Å². The average Bonchev–Trinajstić information content (AvgIpc) is 3.52. The monoisotopic (exact) mass is 502 g/mol. The predicted molar refractivity (Wildman–Crippen MR) is 123 cm³/mol. The smallest absolute Gasteiger partial charge is 0.229 e. The van der Waals surface area contributed by atoms with Crippen LogP contribution in [0.3, 0.4) is 0 Å². The first kappa shape index (κ1) is 21.4. The zero-order valence-corrected chi connectivity index (χ0v) is 19.2. The van der Waals surface area contributed by atoms with Gasteiger partial charge in [-0.25, -0.2) is 4.98 Å². The van der Waals surface area contributed by atoms with E-state index in [1.54, 1.807) is 12.4 Å². The van der Waals surface area contributed by atoms with Crippen molar-refractivity contribution in [1.82, 2.24) is 24.6 Å². The maximum Gasteiger partial charge on any atom is 0.229 e. The Morgan fingerprint density at radius 3 is 2.84 bits per heavy atom. The summed E-state index contributed by atoms with van der Waals surface area (Å²) in [5.41, 5.74) is 6.50. The number of carbonyl (C=O) groups is 1. The van der Waals surface area contributed by atoms with Gasteiger partial charge in [-0.05, 0) is 34.2 Å². The Balaban J connectivity index is 1.23. The fourth-order valence-corrected chi connectivity index (χ4v) is 5.15. The lowest BCUT2D eigenvalue weighted by molar-refractivity contribution is -0.122. The number of fused-ring (bicyclic) bond motifs is 2. The van der Waals surface area contributed by atoms with Crippen molar-refractivity contribution in [3.63, 3.8) is 0 Å². The summed E-state index contributed by atoms with van der Waals surface area (Å²) in [7, 11) is 0. The Kier molecular flexibility index (Phi) is 6.11. The Hall–Kier alpha value is -2.50. The van der Waals surface area contributed by atoms with Gasteiger partial charge in [0.25, 0.3) is 0 Å². The number of morpholine rings is 1. The van der Waals surface area contributed by atoms with Crippen LogP contribution in [0.2, 0.25) is 0 Å². The zero-order chi connectivity index (χ0) is 22.1. The molecule has 1 saturated carbocycles. The van der Waals surface area contributed by atoms with E-state index in [2.05, 4.69) is 58.7 Å². The number of nitrogens with two attached hydrogens (primary N) is 1. The van der Waals surface area contributed by atoms with E-state index in [4.69, 9.17) is 10.5 Å². The maximum atomic E-state index is 12.0. The molecular formula is C21H27BrN8O2. The quantitative estimate of drug-likeness (QED) is 0.465. The molecule has 3 aliphatic rings. The number of primary amides is 1. The molecule has 1 amide bonds. The van der Waals surface area contributed by atoms with E-state index < -0.39 is 0 Å². The first-order valence-corrected chi connectivity index (χ1v) is 11.7. The second-order valence-corrected chi connectivity index (χ2v) is 9.36. The van der Waals surface area contributed by atoms with Gasteiger partial charge in [-0.1, -0.05) is 12.2 Å². The summed E-state index contributed by atoms with van der Waals surface area (Å²) in [5, 5.41) is 11.1. The summed E-state index contributed by atoms with van der Waals surface area (Å²) in [6.07, 6.45) is 10.6. The molecule has 32 heavy (non-hydrogen) atoms. The third kappa shape index (κ3) is 4.50. The van der Waals surface area contributed by atoms with Gasteiger partial charge < -0.3 is 21.1 Å². The van der Waals surface area contributed by atoms with Crippen molar-refractivity contribution in [2.24, 2.45) is 23.5 Å². The molecule has 2 aromatic heterocycles. The van der Waals surface area contributed by atoms with Crippen molar-refractivity contribution >= 4 is 39.3 Å². The van der Waals surface area contributed by atoms with Gasteiger partial charge in [-0.3, -0.25) is 14.4 Å². The minimum Gasteiger partial charge on any atom is -0.379 e. The fourth-order valence-electron chi connectivity index (χ4n) is 4.84. The normalized spacial score (nSPS) is 27.0. The summed E-state index contributed by atoms with van der Waals surface area (Å²) < 4.78 is 8.04. The molecule has 1 aliphatic heterocycles. The maximum absolute atomic E-state index is 12.0. The van der Waals surface area contributed by atoms with Crippen LogP contribution >= 0.6 is 15.9 Å². The highest BCUT2D eigenvalue weighted by Gasteiger charge is 2.47. The molecule has 10 nitrogen and oxygen atoms in total. The van der Waals surface area contributed by atoms with Crippen molar-refractivity contribution in [3.8, 4) is 0 Å². The van der Waals surface area contributed by atoms with Crippen LogP contribution in [0.1, 0.15) is 6.42 Å². The minimum absolute atomic E-state index is 0.0653. The fraction of sp³-hybridized carbons (Fsp3) is 0.524. The molecule has 2 fully saturated rings. The Labute approximate surface area is 194 Å². The highest BCUT2D eigenvalue weighted by molar-refractivity contribution is 9.10. The first-order chi connectivity index (χ1) is 15.6. The van der Waals surface area contributed by atoms with Gasteiger partial charge in [-0.15, -0.1) is 0 Å². The molecule has 2 aliphatic carbocycles. The number of carbonyl (C=O) groups excluding carboxylic acids is 1. The van der Waals surface area contributed by atoms with E-state index in [-0.39, 0.29) is 29.7 Å². The number of halogens is 1. The number of amides is 1. The zero-order valence-electron chi connectivity index (χ0n) is 17.7. The molecule has 4 atom stereocenters. The number of aromatic nitrogens is 4. The average molecular weight is 503 g/mol. The number of nitrogens with one attached hydrogen (secondary N) is 2. The third-order valence-corrected chi connectivity index (χ3v) is 7.05. The summed E-state index contributed by atoms with van der Waals surface area (Å²) in [4.78, 5) is 23.4. The van der Waals surface area contributed by atoms with Crippen LogP contribution in [0.15, 0.2) is 35.2 Å². The highest BCUT2D eigenvalue weighted by Crippen LogP contribution is 2.45. The minimum atomic E-state index is -0.271. The topological polar surface area (TPSA) is 123 Å². The summed E-state index contributed by atoms with van der Waals surface area (Å²) in [5.74, 6) is 1.08. The lowest BCUT2D eigenvalue weighted by Gasteiger charge is -2.27. The van der Waals surface area contributed by atoms with Gasteiger partial charge in [-0.2, -0.15) is 10.1 Å². The van der Waals surface area contributed by atoms with Crippen LogP contribution in [0, 0.1) is 17.8 Å². The number of nitrogens with zero attached hydrogens (tertiary/aromatic N) is 5. The van der Waals surface area contributed by atoms with Crippen LogP contribution in [-0.4, -0.2) is 69.4 Å². The summed E-state index contributed by atoms with van der Waals surface area (Å²) in [6.45, 7) is 5.26. The lowest BCUT2D eigenvalue weighted by atomic mass is 9.88. The molecule has 1 saturated heterocycles. The number of rotatable bonds is 8. The largest absolute Gasteiger partial charge is 0.379 e. The second kappa shape index (κ2) is 9.16. The van der Waals surface area contributed by atoms with Crippen molar-refractivity contribution < 1.29 is 9.53 Å². The molecular weight excluding hydrogens is 476 g/mol. The van der Waals surface area contributed by atoms with Gasteiger partial charge in [0.15, 0.2) is 0 Å². The van der Waals surface area contributed by atoms with Crippen LogP contribution in [-0.2, 0) is 16.1 Å². The SMILES string of the molecule is NC(=O)C1C2C=CC(C2)C1Nc1nc(Nc2cnn(CCN3CCOCC3)c2)ncc1Br. The molecule has 0 radical (unpaired) electrons. The number of allylic oxidation sites excluding steroid dienone is 1. The molecule has 0 spiro atoms.